The van der Waals surface area contributed by atoms with Crippen molar-refractivity contribution in [2.75, 3.05) is 6.61 Å². The van der Waals surface area contributed by atoms with E-state index in [0.717, 1.165) is 0 Å². The maximum absolute atomic E-state index is 10.6. The molecule has 1 atom stereocenters. The Labute approximate surface area is 66.8 Å². The van der Waals surface area contributed by atoms with E-state index >= 15 is 0 Å². The van der Waals surface area contributed by atoms with E-state index in [9.17, 15) is 8.42 Å². The number of hydrogen-bond acceptors (Lipinski definition) is 4. The van der Waals surface area contributed by atoms with Crippen molar-refractivity contribution in [2.24, 2.45) is 0 Å². The van der Waals surface area contributed by atoms with Crippen molar-refractivity contribution in [3.8, 4) is 0 Å². The van der Waals surface area contributed by atoms with Gasteiger partial charge in [0.2, 0.25) is 0 Å². The molecule has 1 fully saturated rings. The number of thiol groups is 1. The summed E-state index contributed by atoms with van der Waals surface area (Å²) in [5, 5.41) is 17.4. The molecule has 0 heterocycles. The van der Waals surface area contributed by atoms with Gasteiger partial charge in [0.25, 0.3) is 0 Å². The lowest BCUT2D eigenvalue weighted by Gasteiger charge is -2.10. The van der Waals surface area contributed by atoms with Crippen molar-refractivity contribution in [1.29, 1.82) is 0 Å². The zero-order valence-electron chi connectivity index (χ0n) is 6.06. The summed E-state index contributed by atoms with van der Waals surface area (Å²) in [6.45, 7) is -0.356. The molecule has 11 heavy (non-hydrogen) atoms. The van der Waals surface area contributed by atoms with E-state index in [1.165, 1.54) is 0 Å². The highest BCUT2D eigenvalue weighted by atomic mass is 32.2. The van der Waals surface area contributed by atoms with E-state index < -0.39 is 21.6 Å². The van der Waals surface area contributed by atoms with Crippen LogP contribution in [0.25, 0.3) is 0 Å². The normalized spacial score (nSPS) is 23.5. The molecule has 0 bridgehead atoms. The fraction of sp³-hybridized carbons (Fsp3) is 1.00. The van der Waals surface area contributed by atoms with Gasteiger partial charge in [0.15, 0.2) is 0 Å². The van der Waals surface area contributed by atoms with E-state index in [1.807, 2.05) is 0 Å². The van der Waals surface area contributed by atoms with E-state index in [4.69, 9.17) is 10.2 Å². The zero-order valence-corrected chi connectivity index (χ0v) is 6.96. The summed E-state index contributed by atoms with van der Waals surface area (Å²) < 4.78 is 20.5. The number of hydrogen-bond donors (Lipinski definition) is 3. The average Bonchev–Trinajstić information content (AvgIpc) is 2.69. The second kappa shape index (κ2) is 3.08. The van der Waals surface area contributed by atoms with Crippen molar-refractivity contribution >= 4 is 10.7 Å². The molecule has 0 amide bonds. The second-order valence-corrected chi connectivity index (χ2v) is 4.48. The molecule has 0 radical (unpaired) electrons. The quantitative estimate of drug-likeness (QED) is 0.479. The minimum atomic E-state index is -2.44. The molecule has 0 aromatic heterocycles. The van der Waals surface area contributed by atoms with Gasteiger partial charge in [-0.05, 0) is 19.3 Å². The SMILES string of the molecule is O=[SH](=O)C1(C[C@H](O)CO)CC1. The minimum Gasteiger partial charge on any atom is -0.394 e. The van der Waals surface area contributed by atoms with Crippen LogP contribution in [0.4, 0.5) is 0 Å². The number of aliphatic hydroxyl groups excluding tert-OH is 2. The van der Waals surface area contributed by atoms with Crippen LogP contribution in [-0.4, -0.2) is 36.1 Å². The Kier molecular flexibility index (Phi) is 2.51. The van der Waals surface area contributed by atoms with Gasteiger partial charge in [-0.15, -0.1) is 0 Å². The third-order valence-corrected chi connectivity index (χ3v) is 3.45. The van der Waals surface area contributed by atoms with Gasteiger partial charge >= 0.3 is 0 Å². The molecule has 5 heteroatoms. The Bertz CT molecular complexity index is 199. The highest BCUT2D eigenvalue weighted by Gasteiger charge is 2.47. The first-order chi connectivity index (χ1) is 5.10. The molecule has 1 rings (SSSR count). The lowest BCUT2D eigenvalue weighted by atomic mass is 10.2. The summed E-state index contributed by atoms with van der Waals surface area (Å²) in [4.78, 5) is 0. The van der Waals surface area contributed by atoms with Gasteiger partial charge in [0.05, 0.1) is 17.5 Å². The molecule has 1 aliphatic rings. The van der Waals surface area contributed by atoms with Crippen LogP contribution in [0, 0.1) is 0 Å². The summed E-state index contributed by atoms with van der Waals surface area (Å²) in [6.07, 6.45) is 0.554. The van der Waals surface area contributed by atoms with E-state index in [1.54, 1.807) is 0 Å². The molecular weight excluding hydrogens is 168 g/mol. The molecule has 4 nitrogen and oxygen atoms in total. The zero-order chi connectivity index (χ0) is 8.48. The fourth-order valence-corrected chi connectivity index (χ4v) is 1.95. The van der Waals surface area contributed by atoms with Gasteiger partial charge in [-0.2, -0.15) is 0 Å². The van der Waals surface area contributed by atoms with Gasteiger partial charge < -0.3 is 10.2 Å². The van der Waals surface area contributed by atoms with Gasteiger partial charge in [0.1, 0.15) is 10.7 Å². The topological polar surface area (TPSA) is 74.6 Å². The molecule has 1 aliphatic carbocycles. The molecule has 66 valence electrons. The third kappa shape index (κ3) is 1.91. The molecule has 1 saturated carbocycles. The highest BCUT2D eigenvalue weighted by molar-refractivity contribution is 7.74. The molecule has 0 unspecified atom stereocenters. The van der Waals surface area contributed by atoms with Gasteiger partial charge in [-0.25, -0.2) is 8.42 Å². The molecular formula is C6H12O4S. The van der Waals surface area contributed by atoms with Crippen LogP contribution in [0.2, 0.25) is 0 Å². The predicted octanol–water partition coefficient (Wildman–Crippen LogP) is -1.13. The molecule has 2 N–H and O–H groups in total. The van der Waals surface area contributed by atoms with E-state index in [2.05, 4.69) is 0 Å². The summed E-state index contributed by atoms with van der Waals surface area (Å²) >= 11 is 0. The monoisotopic (exact) mass is 180 g/mol. The van der Waals surface area contributed by atoms with Gasteiger partial charge in [-0.1, -0.05) is 0 Å². The van der Waals surface area contributed by atoms with Crippen LogP contribution < -0.4 is 0 Å². The van der Waals surface area contributed by atoms with E-state index in [-0.39, 0.29) is 13.0 Å². The van der Waals surface area contributed by atoms with Crippen molar-refractivity contribution in [3.05, 3.63) is 0 Å². The van der Waals surface area contributed by atoms with Crippen LogP contribution in [0.1, 0.15) is 19.3 Å². The average molecular weight is 180 g/mol. The van der Waals surface area contributed by atoms with Crippen molar-refractivity contribution in [1.82, 2.24) is 0 Å². The van der Waals surface area contributed by atoms with Crippen LogP contribution in [0.15, 0.2) is 0 Å². The van der Waals surface area contributed by atoms with Crippen LogP contribution in [0.5, 0.6) is 0 Å². The molecule has 0 aromatic rings. The summed E-state index contributed by atoms with van der Waals surface area (Å²) in [7, 11) is -2.44. The number of aliphatic hydroxyl groups is 2. The fourth-order valence-electron chi connectivity index (χ4n) is 1.11. The van der Waals surface area contributed by atoms with Crippen LogP contribution >= 0.6 is 0 Å². The summed E-state index contributed by atoms with van der Waals surface area (Å²) in [5.74, 6) is 0. The molecule has 0 saturated heterocycles. The van der Waals surface area contributed by atoms with Gasteiger partial charge in [-0.3, -0.25) is 0 Å². The Hall–Kier alpha value is -0.130. The smallest absolute Gasteiger partial charge is 0.145 e. The van der Waals surface area contributed by atoms with Gasteiger partial charge in [0, 0.05) is 0 Å². The first-order valence-corrected chi connectivity index (χ1v) is 4.72. The molecule has 0 spiro atoms. The molecule has 0 aromatic carbocycles. The standard InChI is InChI=1S/C6H12O4S/c7-4-5(8)3-6(1-2-6)11(9)10/h5,7-8,11H,1-4H2/t5-/m0/s1. The number of rotatable bonds is 4. The van der Waals surface area contributed by atoms with Crippen LogP contribution in [-0.2, 0) is 10.7 Å². The third-order valence-electron chi connectivity index (χ3n) is 2.04. The lowest BCUT2D eigenvalue weighted by molar-refractivity contribution is 0.0860. The maximum Gasteiger partial charge on any atom is 0.145 e. The Morgan fingerprint density at radius 1 is 1.45 bits per heavy atom. The minimum absolute atomic E-state index is 0.183. The first kappa shape index (κ1) is 8.96. The highest BCUT2D eigenvalue weighted by Crippen LogP contribution is 2.43. The molecule has 0 aliphatic heterocycles. The van der Waals surface area contributed by atoms with Crippen molar-refractivity contribution in [3.63, 3.8) is 0 Å². The van der Waals surface area contributed by atoms with Crippen LogP contribution in [0.3, 0.4) is 0 Å². The lowest BCUT2D eigenvalue weighted by Crippen LogP contribution is -2.23. The Morgan fingerprint density at radius 2 is 2.00 bits per heavy atom. The largest absolute Gasteiger partial charge is 0.394 e. The maximum atomic E-state index is 10.6. The van der Waals surface area contributed by atoms with E-state index in [0.29, 0.717) is 12.8 Å². The summed E-state index contributed by atoms with van der Waals surface area (Å²) in [5.41, 5.74) is 0. The Balaban J connectivity index is 2.48. The first-order valence-electron chi connectivity index (χ1n) is 3.54. The second-order valence-electron chi connectivity index (χ2n) is 3.02. The Morgan fingerprint density at radius 3 is 2.27 bits per heavy atom. The predicted molar refractivity (Wildman–Crippen MR) is 40.0 cm³/mol. The summed E-state index contributed by atoms with van der Waals surface area (Å²) in [6, 6.07) is 0. The van der Waals surface area contributed by atoms with Crippen molar-refractivity contribution in [2.45, 2.75) is 30.1 Å². The van der Waals surface area contributed by atoms with Crippen molar-refractivity contribution < 1.29 is 18.6 Å².